The summed E-state index contributed by atoms with van der Waals surface area (Å²) in [7, 11) is 1.33. The summed E-state index contributed by atoms with van der Waals surface area (Å²) in [5.41, 5.74) is 3.76. The average Bonchev–Trinajstić information content (AvgIpc) is 2.56. The van der Waals surface area contributed by atoms with Crippen LogP contribution >= 0.6 is 0 Å². The summed E-state index contributed by atoms with van der Waals surface area (Å²) in [5, 5.41) is 2.80. The minimum atomic E-state index is -0.413. The lowest BCUT2D eigenvalue weighted by Crippen LogP contribution is -2.21. The lowest BCUT2D eigenvalue weighted by Gasteiger charge is -2.32. The molecule has 1 N–H and O–H groups in total. The van der Waals surface area contributed by atoms with Crippen LogP contribution in [0.15, 0.2) is 47.7 Å². The summed E-state index contributed by atoms with van der Waals surface area (Å²) in [6.07, 6.45) is 7.21. The summed E-state index contributed by atoms with van der Waals surface area (Å²) in [6.45, 7) is 6.64. The maximum Gasteiger partial charge on any atom is 0.337 e. The number of allylic oxidation sites excluding steroid dienone is 3. The first-order valence-corrected chi connectivity index (χ1v) is 8.21. The number of ether oxygens (including phenoxy) is 1. The number of benzene rings is 1. The van der Waals surface area contributed by atoms with Crippen molar-refractivity contribution in [2.24, 2.45) is 5.41 Å². The summed E-state index contributed by atoms with van der Waals surface area (Å²) >= 11 is 0. The van der Waals surface area contributed by atoms with Crippen LogP contribution in [0.2, 0.25) is 0 Å². The van der Waals surface area contributed by atoms with Gasteiger partial charge in [0, 0.05) is 11.8 Å². The van der Waals surface area contributed by atoms with Crippen molar-refractivity contribution in [3.8, 4) is 0 Å². The highest BCUT2D eigenvalue weighted by Crippen LogP contribution is 2.40. The zero-order chi connectivity index (χ0) is 17.7. The van der Waals surface area contributed by atoms with E-state index in [1.165, 1.54) is 24.7 Å². The molecule has 128 valence electrons. The SMILES string of the molecule is COC(=O)c1ccc(C(=O)N/C=C/C2=C(C)CCCC2(C)C)cc1. The van der Waals surface area contributed by atoms with E-state index in [4.69, 9.17) is 0 Å². The number of carbonyl (C=O) groups is 2. The Morgan fingerprint density at radius 3 is 2.38 bits per heavy atom. The zero-order valence-electron chi connectivity index (χ0n) is 14.8. The number of esters is 1. The molecule has 0 radical (unpaired) electrons. The van der Waals surface area contributed by atoms with Gasteiger partial charge in [-0.25, -0.2) is 4.79 Å². The highest BCUT2D eigenvalue weighted by atomic mass is 16.5. The molecule has 0 fully saturated rings. The maximum atomic E-state index is 12.2. The molecule has 1 amide bonds. The smallest absolute Gasteiger partial charge is 0.337 e. The molecule has 4 heteroatoms. The van der Waals surface area contributed by atoms with Gasteiger partial charge in [-0.2, -0.15) is 0 Å². The van der Waals surface area contributed by atoms with Crippen molar-refractivity contribution >= 4 is 11.9 Å². The Kier molecular flexibility index (Phi) is 5.60. The number of hydrogen-bond acceptors (Lipinski definition) is 3. The topological polar surface area (TPSA) is 55.4 Å². The van der Waals surface area contributed by atoms with Gasteiger partial charge in [0.1, 0.15) is 0 Å². The molecule has 1 aliphatic rings. The van der Waals surface area contributed by atoms with Gasteiger partial charge in [0.15, 0.2) is 0 Å². The highest BCUT2D eigenvalue weighted by Gasteiger charge is 2.26. The molecule has 1 aromatic rings. The van der Waals surface area contributed by atoms with Gasteiger partial charge >= 0.3 is 5.97 Å². The van der Waals surface area contributed by atoms with Crippen molar-refractivity contribution in [3.63, 3.8) is 0 Å². The van der Waals surface area contributed by atoms with Crippen LogP contribution in [0.5, 0.6) is 0 Å². The fraction of sp³-hybridized carbons (Fsp3) is 0.400. The van der Waals surface area contributed by atoms with Crippen LogP contribution in [0.25, 0.3) is 0 Å². The van der Waals surface area contributed by atoms with Gasteiger partial charge in [0.2, 0.25) is 0 Å². The molecule has 24 heavy (non-hydrogen) atoms. The molecule has 0 saturated carbocycles. The molecular formula is C20H25NO3. The van der Waals surface area contributed by atoms with Crippen molar-refractivity contribution < 1.29 is 14.3 Å². The molecule has 1 aromatic carbocycles. The van der Waals surface area contributed by atoms with Crippen LogP contribution in [0.1, 0.15) is 60.7 Å². The number of carbonyl (C=O) groups excluding carboxylic acids is 2. The van der Waals surface area contributed by atoms with E-state index in [1.54, 1.807) is 30.5 Å². The minimum Gasteiger partial charge on any atom is -0.465 e. The van der Waals surface area contributed by atoms with Crippen molar-refractivity contribution in [1.82, 2.24) is 5.32 Å². The largest absolute Gasteiger partial charge is 0.465 e. The van der Waals surface area contributed by atoms with Crippen LogP contribution in [-0.4, -0.2) is 19.0 Å². The van der Waals surface area contributed by atoms with Gasteiger partial charge in [-0.3, -0.25) is 4.79 Å². The molecule has 0 aromatic heterocycles. The Balaban J connectivity index is 2.04. The highest BCUT2D eigenvalue weighted by molar-refractivity contribution is 5.96. The second-order valence-corrected chi connectivity index (χ2v) is 6.81. The molecular weight excluding hydrogens is 302 g/mol. The third-order valence-electron chi connectivity index (χ3n) is 4.58. The summed E-state index contributed by atoms with van der Waals surface area (Å²) in [4.78, 5) is 23.6. The number of rotatable bonds is 4. The standard InChI is InChI=1S/C20H25NO3/c1-14-6-5-12-20(2,3)17(14)11-13-21-18(22)15-7-9-16(10-8-15)19(23)24-4/h7-11,13H,5-6,12H2,1-4H3,(H,21,22)/b13-11+. The van der Waals surface area contributed by atoms with Gasteiger partial charge in [-0.1, -0.05) is 19.4 Å². The van der Waals surface area contributed by atoms with E-state index >= 15 is 0 Å². The van der Waals surface area contributed by atoms with E-state index in [1.807, 2.05) is 6.08 Å². The zero-order valence-corrected chi connectivity index (χ0v) is 14.8. The van der Waals surface area contributed by atoms with Gasteiger partial charge in [-0.15, -0.1) is 0 Å². The molecule has 0 saturated heterocycles. The molecule has 0 unspecified atom stereocenters. The third-order valence-corrected chi connectivity index (χ3v) is 4.58. The van der Waals surface area contributed by atoms with Crippen molar-refractivity contribution in [1.29, 1.82) is 0 Å². The van der Waals surface area contributed by atoms with E-state index in [9.17, 15) is 9.59 Å². The predicted molar refractivity (Wildman–Crippen MR) is 94.7 cm³/mol. The first kappa shape index (κ1) is 18.0. The molecule has 1 aliphatic carbocycles. The quantitative estimate of drug-likeness (QED) is 0.841. The van der Waals surface area contributed by atoms with Gasteiger partial charge in [0.25, 0.3) is 5.91 Å². The van der Waals surface area contributed by atoms with E-state index < -0.39 is 5.97 Å². The monoisotopic (exact) mass is 327 g/mol. The maximum absolute atomic E-state index is 12.2. The van der Waals surface area contributed by atoms with Crippen LogP contribution in [-0.2, 0) is 4.74 Å². The number of amides is 1. The fourth-order valence-electron chi connectivity index (χ4n) is 3.17. The lowest BCUT2D eigenvalue weighted by atomic mass is 9.73. The van der Waals surface area contributed by atoms with Gasteiger partial charge < -0.3 is 10.1 Å². The molecule has 4 nitrogen and oxygen atoms in total. The first-order valence-electron chi connectivity index (χ1n) is 8.21. The van der Waals surface area contributed by atoms with Crippen LogP contribution in [0, 0.1) is 5.41 Å². The number of hydrogen-bond donors (Lipinski definition) is 1. The Morgan fingerprint density at radius 1 is 1.17 bits per heavy atom. The van der Waals surface area contributed by atoms with Gasteiger partial charge in [0.05, 0.1) is 12.7 Å². The van der Waals surface area contributed by atoms with Crippen molar-refractivity contribution in [2.75, 3.05) is 7.11 Å². The number of nitrogens with one attached hydrogen (secondary N) is 1. The van der Waals surface area contributed by atoms with E-state index in [0.717, 1.165) is 12.8 Å². The summed E-state index contributed by atoms with van der Waals surface area (Å²) < 4.78 is 4.64. The van der Waals surface area contributed by atoms with Crippen LogP contribution in [0.3, 0.4) is 0 Å². The van der Waals surface area contributed by atoms with Crippen molar-refractivity contribution in [2.45, 2.75) is 40.0 Å². The van der Waals surface area contributed by atoms with Crippen molar-refractivity contribution in [3.05, 3.63) is 58.8 Å². The lowest BCUT2D eigenvalue weighted by molar-refractivity contribution is 0.0600. The predicted octanol–water partition coefficient (Wildman–Crippen LogP) is 4.24. The molecule has 0 bridgehead atoms. The van der Waals surface area contributed by atoms with E-state index in [0.29, 0.717) is 11.1 Å². The first-order chi connectivity index (χ1) is 11.3. The Hall–Kier alpha value is -2.36. The second-order valence-electron chi connectivity index (χ2n) is 6.81. The summed E-state index contributed by atoms with van der Waals surface area (Å²) in [6, 6.07) is 6.40. The second kappa shape index (κ2) is 7.47. The molecule has 0 atom stereocenters. The summed E-state index contributed by atoms with van der Waals surface area (Å²) in [5.74, 6) is -0.613. The van der Waals surface area contributed by atoms with Crippen LogP contribution < -0.4 is 5.32 Å². The fourth-order valence-corrected chi connectivity index (χ4v) is 3.17. The Morgan fingerprint density at radius 2 is 1.79 bits per heavy atom. The molecule has 0 heterocycles. The number of methoxy groups -OCH3 is 1. The van der Waals surface area contributed by atoms with Crippen LogP contribution in [0.4, 0.5) is 0 Å². The Labute approximate surface area is 143 Å². The molecule has 0 spiro atoms. The Bertz CT molecular complexity index is 681. The third kappa shape index (κ3) is 4.13. The molecule has 2 rings (SSSR count). The average molecular weight is 327 g/mol. The normalized spacial score (nSPS) is 17.0. The van der Waals surface area contributed by atoms with E-state index in [-0.39, 0.29) is 11.3 Å². The van der Waals surface area contributed by atoms with E-state index in [2.05, 4.69) is 30.8 Å². The van der Waals surface area contributed by atoms with Gasteiger partial charge in [-0.05, 0) is 67.5 Å². The minimum absolute atomic E-state index is 0.145. The molecule has 0 aliphatic heterocycles.